The molecule has 0 saturated carbocycles. The molecule has 0 aliphatic rings. The maximum Gasteiger partial charge on any atom is 0.137 e. The average Bonchev–Trinajstić information content (AvgIpc) is 2.22. The summed E-state index contributed by atoms with van der Waals surface area (Å²) in [7, 11) is 1.98. The van der Waals surface area contributed by atoms with Gasteiger partial charge in [0, 0.05) is 19.1 Å². The van der Waals surface area contributed by atoms with Crippen LogP contribution < -0.4 is 5.73 Å². The molecule has 0 bridgehead atoms. The van der Waals surface area contributed by atoms with Crippen molar-refractivity contribution in [2.24, 2.45) is 5.73 Å². The van der Waals surface area contributed by atoms with Crippen molar-refractivity contribution < 1.29 is 4.39 Å². The Balaban J connectivity index is 2.68. The van der Waals surface area contributed by atoms with Crippen LogP contribution in [0.3, 0.4) is 0 Å². The summed E-state index contributed by atoms with van der Waals surface area (Å²) in [5.41, 5.74) is 6.51. The first-order valence-electron chi connectivity index (χ1n) is 4.89. The standard InChI is InChI=1S/C11H16BrFN2/c1-8(6-14)15(2)7-9-3-4-10(12)11(13)5-9/h3-5,8H,6-7,14H2,1-2H3. The quantitative estimate of drug-likeness (QED) is 0.914. The monoisotopic (exact) mass is 274 g/mol. The summed E-state index contributed by atoms with van der Waals surface area (Å²) in [6.07, 6.45) is 0. The van der Waals surface area contributed by atoms with Crippen LogP contribution in [0.5, 0.6) is 0 Å². The van der Waals surface area contributed by atoms with E-state index in [2.05, 4.69) is 27.8 Å². The molecule has 1 aromatic carbocycles. The summed E-state index contributed by atoms with van der Waals surface area (Å²) in [6.45, 7) is 3.37. The number of hydrogen-bond donors (Lipinski definition) is 1. The van der Waals surface area contributed by atoms with Crippen molar-refractivity contribution in [3.63, 3.8) is 0 Å². The fraction of sp³-hybridized carbons (Fsp3) is 0.455. The van der Waals surface area contributed by atoms with Gasteiger partial charge in [0.15, 0.2) is 0 Å². The van der Waals surface area contributed by atoms with Crippen LogP contribution in [0.15, 0.2) is 22.7 Å². The number of halogens is 2. The Morgan fingerprint density at radius 3 is 2.73 bits per heavy atom. The van der Waals surface area contributed by atoms with Gasteiger partial charge in [0.1, 0.15) is 5.82 Å². The van der Waals surface area contributed by atoms with Gasteiger partial charge in [-0.2, -0.15) is 0 Å². The van der Waals surface area contributed by atoms with Gasteiger partial charge in [0.05, 0.1) is 4.47 Å². The molecule has 1 aromatic rings. The van der Waals surface area contributed by atoms with Gasteiger partial charge < -0.3 is 5.73 Å². The summed E-state index contributed by atoms with van der Waals surface area (Å²) in [5.74, 6) is -0.221. The summed E-state index contributed by atoms with van der Waals surface area (Å²) < 4.78 is 13.7. The molecule has 2 nitrogen and oxygen atoms in total. The number of nitrogens with two attached hydrogens (primary N) is 1. The highest BCUT2D eigenvalue weighted by Crippen LogP contribution is 2.17. The molecular formula is C11H16BrFN2. The SMILES string of the molecule is CC(CN)N(C)Cc1ccc(Br)c(F)c1. The van der Waals surface area contributed by atoms with Crippen molar-refractivity contribution >= 4 is 15.9 Å². The number of likely N-dealkylation sites (N-methyl/N-ethyl adjacent to an activating group) is 1. The molecule has 0 saturated heterocycles. The molecule has 0 spiro atoms. The van der Waals surface area contributed by atoms with Crippen molar-refractivity contribution in [3.05, 3.63) is 34.1 Å². The lowest BCUT2D eigenvalue weighted by Crippen LogP contribution is -2.34. The number of nitrogens with zero attached hydrogens (tertiary/aromatic N) is 1. The molecule has 0 radical (unpaired) electrons. The zero-order chi connectivity index (χ0) is 11.4. The van der Waals surface area contributed by atoms with E-state index < -0.39 is 0 Å². The van der Waals surface area contributed by atoms with Crippen molar-refractivity contribution in [2.75, 3.05) is 13.6 Å². The molecule has 0 aromatic heterocycles. The van der Waals surface area contributed by atoms with Crippen LogP contribution in [0.2, 0.25) is 0 Å². The third kappa shape index (κ3) is 3.55. The Hall–Kier alpha value is -0.450. The van der Waals surface area contributed by atoms with Crippen LogP contribution in [-0.2, 0) is 6.54 Å². The summed E-state index contributed by atoms with van der Waals surface area (Å²) in [6, 6.07) is 5.49. The molecule has 0 aliphatic carbocycles. The van der Waals surface area contributed by atoms with E-state index in [1.165, 1.54) is 0 Å². The lowest BCUT2D eigenvalue weighted by Gasteiger charge is -2.23. The lowest BCUT2D eigenvalue weighted by atomic mass is 10.2. The summed E-state index contributed by atoms with van der Waals surface area (Å²) in [4.78, 5) is 2.10. The molecule has 1 atom stereocenters. The molecule has 0 amide bonds. The first-order chi connectivity index (χ1) is 7.04. The molecule has 1 rings (SSSR count). The topological polar surface area (TPSA) is 29.3 Å². The first kappa shape index (κ1) is 12.6. The highest BCUT2D eigenvalue weighted by atomic mass is 79.9. The van der Waals surface area contributed by atoms with E-state index in [0.717, 1.165) is 5.56 Å². The van der Waals surface area contributed by atoms with E-state index >= 15 is 0 Å². The average molecular weight is 275 g/mol. The smallest absolute Gasteiger partial charge is 0.137 e. The molecule has 0 heterocycles. The number of rotatable bonds is 4. The van der Waals surface area contributed by atoms with Gasteiger partial charge in [-0.15, -0.1) is 0 Å². The highest BCUT2D eigenvalue weighted by Gasteiger charge is 2.08. The Labute approximate surface area is 98.4 Å². The second-order valence-electron chi connectivity index (χ2n) is 3.75. The lowest BCUT2D eigenvalue weighted by molar-refractivity contribution is 0.254. The molecule has 1 unspecified atom stereocenters. The summed E-state index contributed by atoms with van der Waals surface area (Å²) in [5, 5.41) is 0. The third-order valence-corrected chi connectivity index (χ3v) is 3.15. The second kappa shape index (κ2) is 5.58. The molecule has 4 heteroatoms. The van der Waals surface area contributed by atoms with E-state index in [1.54, 1.807) is 12.1 Å². The Bertz CT molecular complexity index is 330. The largest absolute Gasteiger partial charge is 0.329 e. The van der Waals surface area contributed by atoms with Crippen molar-refractivity contribution in [1.82, 2.24) is 4.90 Å². The van der Waals surface area contributed by atoms with Gasteiger partial charge in [-0.05, 0) is 47.6 Å². The molecular weight excluding hydrogens is 259 g/mol. The zero-order valence-electron chi connectivity index (χ0n) is 9.00. The van der Waals surface area contributed by atoms with E-state index in [0.29, 0.717) is 23.6 Å². The predicted octanol–water partition coefficient (Wildman–Crippen LogP) is 2.37. The molecule has 0 aliphatic heterocycles. The van der Waals surface area contributed by atoms with E-state index in [4.69, 9.17) is 5.73 Å². The van der Waals surface area contributed by atoms with Crippen LogP contribution in [0, 0.1) is 5.82 Å². The molecule has 84 valence electrons. The van der Waals surface area contributed by atoms with Gasteiger partial charge in [0.2, 0.25) is 0 Å². The van der Waals surface area contributed by atoms with Crippen molar-refractivity contribution in [1.29, 1.82) is 0 Å². The van der Waals surface area contributed by atoms with E-state index in [-0.39, 0.29) is 5.82 Å². The van der Waals surface area contributed by atoms with Crippen molar-refractivity contribution in [3.8, 4) is 0 Å². The Morgan fingerprint density at radius 1 is 1.53 bits per heavy atom. The van der Waals surface area contributed by atoms with Gasteiger partial charge in [-0.1, -0.05) is 6.07 Å². The Morgan fingerprint density at radius 2 is 2.20 bits per heavy atom. The summed E-state index contributed by atoms with van der Waals surface area (Å²) >= 11 is 3.13. The van der Waals surface area contributed by atoms with Crippen LogP contribution in [0.25, 0.3) is 0 Å². The van der Waals surface area contributed by atoms with Gasteiger partial charge >= 0.3 is 0 Å². The van der Waals surface area contributed by atoms with E-state index in [9.17, 15) is 4.39 Å². The van der Waals surface area contributed by atoms with Crippen LogP contribution >= 0.6 is 15.9 Å². The third-order valence-electron chi connectivity index (χ3n) is 2.51. The number of benzene rings is 1. The predicted molar refractivity (Wildman–Crippen MR) is 64.1 cm³/mol. The maximum absolute atomic E-state index is 13.2. The van der Waals surface area contributed by atoms with Crippen molar-refractivity contribution in [2.45, 2.75) is 19.5 Å². The normalized spacial score (nSPS) is 13.2. The van der Waals surface area contributed by atoms with E-state index in [1.807, 2.05) is 13.1 Å². The van der Waals surface area contributed by atoms with Crippen LogP contribution in [0.1, 0.15) is 12.5 Å². The first-order valence-corrected chi connectivity index (χ1v) is 5.68. The minimum Gasteiger partial charge on any atom is -0.329 e. The maximum atomic E-state index is 13.2. The van der Waals surface area contributed by atoms with Gasteiger partial charge in [0.25, 0.3) is 0 Å². The van der Waals surface area contributed by atoms with Gasteiger partial charge in [-0.25, -0.2) is 4.39 Å². The number of hydrogen-bond acceptors (Lipinski definition) is 2. The highest BCUT2D eigenvalue weighted by molar-refractivity contribution is 9.10. The molecule has 0 fully saturated rings. The minimum absolute atomic E-state index is 0.221. The fourth-order valence-corrected chi connectivity index (χ4v) is 1.51. The molecule has 15 heavy (non-hydrogen) atoms. The fourth-order valence-electron chi connectivity index (χ4n) is 1.26. The van der Waals surface area contributed by atoms with Crippen LogP contribution in [-0.4, -0.2) is 24.5 Å². The second-order valence-corrected chi connectivity index (χ2v) is 4.60. The Kier molecular flexibility index (Phi) is 4.70. The molecule has 2 N–H and O–H groups in total. The zero-order valence-corrected chi connectivity index (χ0v) is 10.6. The minimum atomic E-state index is -0.221. The van der Waals surface area contributed by atoms with Crippen LogP contribution in [0.4, 0.5) is 4.39 Å². The van der Waals surface area contributed by atoms with Gasteiger partial charge in [-0.3, -0.25) is 4.90 Å².